The van der Waals surface area contributed by atoms with E-state index in [1.54, 1.807) is 0 Å². The molecule has 116 valence electrons. The van der Waals surface area contributed by atoms with Gasteiger partial charge in [0.15, 0.2) is 17.3 Å². The van der Waals surface area contributed by atoms with Crippen molar-refractivity contribution in [3.8, 4) is 17.6 Å². The Labute approximate surface area is 134 Å². The van der Waals surface area contributed by atoms with Crippen molar-refractivity contribution in [2.45, 2.75) is 32.1 Å². The summed E-state index contributed by atoms with van der Waals surface area (Å²) in [5.41, 5.74) is 4.01. The van der Waals surface area contributed by atoms with Gasteiger partial charge in [0.05, 0.1) is 17.6 Å². The Morgan fingerprint density at radius 2 is 2.09 bits per heavy atom. The number of hydrogen-bond acceptors (Lipinski definition) is 5. The number of allylic oxidation sites excluding steroid dienone is 4. The smallest absolute Gasteiger partial charge is 0.231 e. The largest absolute Gasteiger partial charge is 0.454 e. The fourth-order valence-electron chi connectivity index (χ4n) is 3.56. The number of carbonyl (C=O) groups excluding carboxylic acids is 1. The van der Waals surface area contributed by atoms with Gasteiger partial charge in [-0.05, 0) is 37.5 Å². The number of fused-ring (bicyclic) bond motifs is 1. The molecule has 0 radical (unpaired) electrons. The van der Waals surface area contributed by atoms with Gasteiger partial charge in [0.25, 0.3) is 0 Å². The number of dihydropyridines is 1. The van der Waals surface area contributed by atoms with Crippen LogP contribution in [0.25, 0.3) is 0 Å². The molecule has 1 N–H and O–H groups in total. The Morgan fingerprint density at radius 1 is 1.26 bits per heavy atom. The number of Topliss-reactive ketones (excluding diaryl/α,β-unsaturated/α-hetero) is 1. The predicted octanol–water partition coefficient (Wildman–Crippen LogP) is 2.91. The Balaban J connectivity index is 1.88. The van der Waals surface area contributed by atoms with E-state index in [-0.39, 0.29) is 18.5 Å². The summed E-state index contributed by atoms with van der Waals surface area (Å²) < 4.78 is 10.8. The lowest BCUT2D eigenvalue weighted by molar-refractivity contribution is -0.116. The highest BCUT2D eigenvalue weighted by atomic mass is 16.7. The Kier molecular flexibility index (Phi) is 3.12. The minimum atomic E-state index is -0.321. The van der Waals surface area contributed by atoms with Gasteiger partial charge in [0.2, 0.25) is 6.79 Å². The summed E-state index contributed by atoms with van der Waals surface area (Å²) in [6.45, 7) is 2.10. The summed E-state index contributed by atoms with van der Waals surface area (Å²) in [4.78, 5) is 12.5. The first-order valence-corrected chi connectivity index (χ1v) is 7.72. The molecular formula is C18H16N2O3. The third-order valence-electron chi connectivity index (χ3n) is 4.63. The first kappa shape index (κ1) is 13.9. The van der Waals surface area contributed by atoms with E-state index in [0.29, 0.717) is 23.5 Å². The van der Waals surface area contributed by atoms with Crippen molar-refractivity contribution in [2.75, 3.05) is 6.79 Å². The molecule has 2 heterocycles. The second-order valence-electron chi connectivity index (χ2n) is 5.99. The third-order valence-corrected chi connectivity index (χ3v) is 4.63. The zero-order valence-corrected chi connectivity index (χ0v) is 12.8. The van der Waals surface area contributed by atoms with Gasteiger partial charge < -0.3 is 14.8 Å². The number of nitrogens with one attached hydrogen (secondary N) is 1. The highest BCUT2D eigenvalue weighted by molar-refractivity contribution is 5.99. The van der Waals surface area contributed by atoms with Crippen molar-refractivity contribution >= 4 is 5.78 Å². The van der Waals surface area contributed by atoms with Crippen LogP contribution in [0, 0.1) is 11.3 Å². The SMILES string of the molecule is CC1=C(C#N)C(c2ccc3c(c2)OCO3)C2=C(CCCC2=O)N1. The number of ether oxygens (including phenoxy) is 2. The molecule has 3 aliphatic rings. The molecule has 1 unspecified atom stereocenters. The van der Waals surface area contributed by atoms with Crippen LogP contribution in [0.5, 0.6) is 11.5 Å². The highest BCUT2D eigenvalue weighted by Gasteiger charge is 2.36. The molecular weight excluding hydrogens is 292 g/mol. The van der Waals surface area contributed by atoms with E-state index in [9.17, 15) is 10.1 Å². The monoisotopic (exact) mass is 308 g/mol. The molecule has 1 aromatic carbocycles. The predicted molar refractivity (Wildman–Crippen MR) is 82.6 cm³/mol. The van der Waals surface area contributed by atoms with Gasteiger partial charge >= 0.3 is 0 Å². The molecule has 23 heavy (non-hydrogen) atoms. The topological polar surface area (TPSA) is 71.3 Å². The van der Waals surface area contributed by atoms with Crippen LogP contribution in [0.1, 0.15) is 37.7 Å². The molecule has 0 amide bonds. The second kappa shape index (κ2) is 5.17. The molecule has 0 saturated heterocycles. The molecule has 1 atom stereocenters. The van der Waals surface area contributed by atoms with Crippen molar-refractivity contribution in [1.82, 2.24) is 5.32 Å². The molecule has 0 saturated carbocycles. The minimum Gasteiger partial charge on any atom is -0.454 e. The number of nitrogens with zero attached hydrogens (tertiary/aromatic N) is 1. The molecule has 4 rings (SSSR count). The van der Waals surface area contributed by atoms with Crippen LogP contribution in [0.15, 0.2) is 40.7 Å². The summed E-state index contributed by atoms with van der Waals surface area (Å²) in [6.07, 6.45) is 2.24. The van der Waals surface area contributed by atoms with Crippen molar-refractivity contribution in [2.24, 2.45) is 0 Å². The van der Waals surface area contributed by atoms with Gasteiger partial charge in [-0.3, -0.25) is 4.79 Å². The van der Waals surface area contributed by atoms with E-state index in [2.05, 4.69) is 11.4 Å². The number of hydrogen-bond donors (Lipinski definition) is 1. The molecule has 0 spiro atoms. The maximum Gasteiger partial charge on any atom is 0.231 e. The number of nitriles is 1. The minimum absolute atomic E-state index is 0.127. The fraction of sp³-hybridized carbons (Fsp3) is 0.333. The average Bonchev–Trinajstić information content (AvgIpc) is 3.01. The van der Waals surface area contributed by atoms with Gasteiger partial charge in [-0.25, -0.2) is 0 Å². The van der Waals surface area contributed by atoms with Gasteiger partial charge in [0, 0.05) is 23.4 Å². The summed E-state index contributed by atoms with van der Waals surface area (Å²) in [6, 6.07) is 7.93. The first-order chi connectivity index (χ1) is 11.2. The molecule has 0 fully saturated rings. The number of ketones is 1. The zero-order chi connectivity index (χ0) is 16.0. The summed E-state index contributed by atoms with van der Waals surface area (Å²) in [7, 11) is 0. The lowest BCUT2D eigenvalue weighted by Gasteiger charge is -2.32. The van der Waals surface area contributed by atoms with E-state index < -0.39 is 0 Å². The van der Waals surface area contributed by atoms with Gasteiger partial charge in [-0.2, -0.15) is 5.26 Å². The quantitative estimate of drug-likeness (QED) is 0.863. The first-order valence-electron chi connectivity index (χ1n) is 7.72. The van der Waals surface area contributed by atoms with Crippen LogP contribution >= 0.6 is 0 Å². The van der Waals surface area contributed by atoms with Crippen LogP contribution in [-0.4, -0.2) is 12.6 Å². The Bertz CT molecular complexity index is 814. The molecule has 1 aliphatic carbocycles. The van der Waals surface area contributed by atoms with Gasteiger partial charge in [0.1, 0.15) is 0 Å². The summed E-state index contributed by atoms with van der Waals surface area (Å²) in [5, 5.41) is 12.9. The van der Waals surface area contributed by atoms with Crippen LogP contribution in [-0.2, 0) is 4.79 Å². The van der Waals surface area contributed by atoms with E-state index in [0.717, 1.165) is 35.4 Å². The van der Waals surface area contributed by atoms with Crippen LogP contribution < -0.4 is 14.8 Å². The Morgan fingerprint density at radius 3 is 2.91 bits per heavy atom. The van der Waals surface area contributed by atoms with E-state index in [4.69, 9.17) is 9.47 Å². The molecule has 0 aromatic heterocycles. The molecule has 5 heteroatoms. The van der Waals surface area contributed by atoms with Gasteiger partial charge in [-0.15, -0.1) is 0 Å². The summed E-state index contributed by atoms with van der Waals surface area (Å²) >= 11 is 0. The van der Waals surface area contributed by atoms with E-state index in [1.165, 1.54) is 0 Å². The van der Waals surface area contributed by atoms with Crippen molar-refractivity contribution in [3.05, 3.63) is 46.3 Å². The maximum atomic E-state index is 12.5. The highest BCUT2D eigenvalue weighted by Crippen LogP contribution is 2.44. The molecule has 1 aromatic rings. The number of carbonyl (C=O) groups is 1. The zero-order valence-electron chi connectivity index (χ0n) is 12.8. The fourth-order valence-corrected chi connectivity index (χ4v) is 3.56. The normalized spacial score (nSPS) is 22.6. The number of benzene rings is 1. The van der Waals surface area contributed by atoms with Crippen molar-refractivity contribution in [3.63, 3.8) is 0 Å². The second-order valence-corrected chi connectivity index (χ2v) is 5.99. The van der Waals surface area contributed by atoms with Crippen molar-refractivity contribution in [1.29, 1.82) is 5.26 Å². The Hall–Kier alpha value is -2.74. The molecule has 0 bridgehead atoms. The van der Waals surface area contributed by atoms with Crippen LogP contribution in [0.2, 0.25) is 0 Å². The third kappa shape index (κ3) is 2.10. The molecule has 2 aliphatic heterocycles. The standard InChI is InChI=1S/C18H16N2O3/c1-10-12(8-19)17(18-13(20-10)3-2-4-14(18)21)11-5-6-15-16(7-11)23-9-22-15/h5-7,17,20H,2-4,9H2,1H3. The van der Waals surface area contributed by atoms with Crippen LogP contribution in [0.3, 0.4) is 0 Å². The maximum absolute atomic E-state index is 12.5. The summed E-state index contributed by atoms with van der Waals surface area (Å²) in [5.74, 6) is 1.17. The van der Waals surface area contributed by atoms with E-state index in [1.807, 2.05) is 25.1 Å². The average molecular weight is 308 g/mol. The lowest BCUT2D eigenvalue weighted by atomic mass is 9.75. The molecule has 5 nitrogen and oxygen atoms in total. The van der Waals surface area contributed by atoms with Crippen LogP contribution in [0.4, 0.5) is 0 Å². The van der Waals surface area contributed by atoms with Gasteiger partial charge in [-0.1, -0.05) is 6.07 Å². The van der Waals surface area contributed by atoms with E-state index >= 15 is 0 Å². The van der Waals surface area contributed by atoms with Crippen molar-refractivity contribution < 1.29 is 14.3 Å². The number of rotatable bonds is 1. The lowest BCUT2D eigenvalue weighted by Crippen LogP contribution is -2.31.